The quantitative estimate of drug-likeness (QED) is 0.476. The van der Waals surface area contributed by atoms with E-state index in [1.165, 1.54) is 0 Å². The Bertz CT molecular complexity index is 1290. The van der Waals surface area contributed by atoms with Crippen molar-refractivity contribution in [2.45, 2.75) is 17.0 Å². The summed E-state index contributed by atoms with van der Waals surface area (Å²) in [6.45, 7) is 1.96. The predicted molar refractivity (Wildman–Crippen MR) is 106 cm³/mol. The Morgan fingerprint density at radius 1 is 0.963 bits per heavy atom. The van der Waals surface area contributed by atoms with Gasteiger partial charge in [-0.05, 0) is 61.2 Å². The van der Waals surface area contributed by atoms with E-state index in [9.17, 15) is 0 Å². The Balaban J connectivity index is 1.54. The lowest BCUT2D eigenvalue weighted by molar-refractivity contribution is 0.792. The van der Waals surface area contributed by atoms with E-state index in [-0.39, 0.29) is 0 Å². The van der Waals surface area contributed by atoms with Crippen molar-refractivity contribution in [3.05, 3.63) is 66.7 Å². The Morgan fingerprint density at radius 3 is 2.74 bits per heavy atom. The number of aryl methyl sites for hydroxylation is 2. The van der Waals surface area contributed by atoms with Gasteiger partial charge in [-0.25, -0.2) is 0 Å². The van der Waals surface area contributed by atoms with E-state index in [0.717, 1.165) is 43.4 Å². The standard InChI is InChI=1S/C20H16N6S/c1-13-3-6-19-22-23-20(26(19)24-13)27-17-4-5-18-15(10-17)9-16(11-21-18)14-7-8-25(2)12-14/h3-12H,1-2H3. The smallest absolute Gasteiger partial charge is 0.217 e. The van der Waals surface area contributed by atoms with Crippen LogP contribution in [0.15, 0.2) is 71.1 Å². The molecule has 0 radical (unpaired) electrons. The van der Waals surface area contributed by atoms with Gasteiger partial charge in [-0.2, -0.15) is 9.61 Å². The molecule has 0 saturated carbocycles. The second kappa shape index (κ2) is 6.21. The molecule has 0 N–H and O–H groups in total. The Hall–Kier alpha value is -3.19. The van der Waals surface area contributed by atoms with Crippen LogP contribution in [0.2, 0.25) is 0 Å². The number of hydrogen-bond donors (Lipinski definition) is 0. The number of rotatable bonds is 3. The van der Waals surface area contributed by atoms with Gasteiger partial charge in [-0.1, -0.05) is 0 Å². The van der Waals surface area contributed by atoms with Crippen LogP contribution in [0.4, 0.5) is 0 Å². The SMILES string of the molecule is Cc1ccc2nnc(Sc3ccc4ncc(-c5ccn(C)c5)cc4c3)n2n1. The highest BCUT2D eigenvalue weighted by molar-refractivity contribution is 7.99. The summed E-state index contributed by atoms with van der Waals surface area (Å²) in [5.74, 6) is 0. The normalized spacial score (nSPS) is 11.5. The van der Waals surface area contributed by atoms with E-state index in [0.29, 0.717) is 0 Å². The van der Waals surface area contributed by atoms with Crippen molar-refractivity contribution in [1.29, 1.82) is 0 Å². The molecule has 0 aliphatic rings. The highest BCUT2D eigenvalue weighted by atomic mass is 32.2. The number of hydrogen-bond acceptors (Lipinski definition) is 5. The maximum atomic E-state index is 4.60. The molecule has 5 rings (SSSR count). The van der Waals surface area contributed by atoms with E-state index in [1.54, 1.807) is 16.3 Å². The van der Waals surface area contributed by atoms with Crippen molar-refractivity contribution in [3.8, 4) is 11.1 Å². The number of fused-ring (bicyclic) bond motifs is 2. The number of pyridine rings is 1. The first-order valence-electron chi connectivity index (χ1n) is 8.55. The van der Waals surface area contributed by atoms with Gasteiger partial charge in [0.15, 0.2) is 5.65 Å². The van der Waals surface area contributed by atoms with Crippen LogP contribution >= 0.6 is 11.8 Å². The van der Waals surface area contributed by atoms with E-state index >= 15 is 0 Å². The predicted octanol–water partition coefficient (Wildman–Crippen LogP) is 4.14. The Labute approximate surface area is 159 Å². The summed E-state index contributed by atoms with van der Waals surface area (Å²) < 4.78 is 3.82. The summed E-state index contributed by atoms with van der Waals surface area (Å²) in [6.07, 6.45) is 6.05. The van der Waals surface area contributed by atoms with Crippen molar-refractivity contribution < 1.29 is 0 Å². The lowest BCUT2D eigenvalue weighted by Gasteiger charge is -2.04. The third-order valence-electron chi connectivity index (χ3n) is 4.39. The molecule has 0 saturated heterocycles. The second-order valence-electron chi connectivity index (χ2n) is 6.47. The molecule has 5 aromatic rings. The zero-order valence-corrected chi connectivity index (χ0v) is 15.7. The van der Waals surface area contributed by atoms with Crippen LogP contribution in [0, 0.1) is 6.92 Å². The van der Waals surface area contributed by atoms with E-state index < -0.39 is 0 Å². The van der Waals surface area contributed by atoms with Crippen molar-refractivity contribution in [2.75, 3.05) is 0 Å². The van der Waals surface area contributed by atoms with Crippen molar-refractivity contribution in [2.24, 2.45) is 7.05 Å². The fourth-order valence-corrected chi connectivity index (χ4v) is 3.87. The topological polar surface area (TPSA) is 60.9 Å². The molecule has 0 amide bonds. The molecule has 0 aliphatic carbocycles. The first-order chi connectivity index (χ1) is 13.2. The van der Waals surface area contributed by atoms with Crippen molar-refractivity contribution in [1.82, 2.24) is 29.4 Å². The minimum atomic E-state index is 0.747. The molecule has 0 aliphatic heterocycles. The first-order valence-corrected chi connectivity index (χ1v) is 9.36. The molecule has 0 unspecified atom stereocenters. The maximum Gasteiger partial charge on any atom is 0.217 e. The molecule has 4 heterocycles. The van der Waals surface area contributed by atoms with Crippen LogP contribution in [-0.4, -0.2) is 29.4 Å². The van der Waals surface area contributed by atoms with Crippen molar-refractivity contribution >= 4 is 28.3 Å². The molecular weight excluding hydrogens is 356 g/mol. The minimum absolute atomic E-state index is 0.747. The van der Waals surface area contributed by atoms with Crippen LogP contribution in [0.1, 0.15) is 5.69 Å². The maximum absolute atomic E-state index is 4.60. The van der Waals surface area contributed by atoms with E-state index in [2.05, 4.69) is 50.7 Å². The summed E-state index contributed by atoms with van der Waals surface area (Å²) in [6, 6.07) is 14.4. The molecule has 132 valence electrons. The van der Waals surface area contributed by atoms with Crippen LogP contribution in [0.5, 0.6) is 0 Å². The van der Waals surface area contributed by atoms with Gasteiger partial charge in [0.1, 0.15) is 0 Å². The molecule has 7 heteroatoms. The first kappa shape index (κ1) is 16.0. The monoisotopic (exact) mass is 372 g/mol. The van der Waals surface area contributed by atoms with E-state index in [4.69, 9.17) is 0 Å². The second-order valence-corrected chi connectivity index (χ2v) is 7.51. The Morgan fingerprint density at radius 2 is 1.89 bits per heavy atom. The molecule has 27 heavy (non-hydrogen) atoms. The third-order valence-corrected chi connectivity index (χ3v) is 5.32. The summed E-state index contributed by atoms with van der Waals surface area (Å²) >= 11 is 1.55. The average molecular weight is 372 g/mol. The zero-order valence-electron chi connectivity index (χ0n) is 14.9. The molecule has 0 atom stereocenters. The van der Waals surface area contributed by atoms with Gasteiger partial charge in [0.05, 0.1) is 11.2 Å². The van der Waals surface area contributed by atoms with Gasteiger partial charge in [-0.3, -0.25) is 4.98 Å². The lowest BCUT2D eigenvalue weighted by Crippen LogP contribution is -1.95. The zero-order chi connectivity index (χ0) is 18.4. The molecule has 4 aromatic heterocycles. The van der Waals surface area contributed by atoms with Gasteiger partial charge in [0.25, 0.3) is 0 Å². The largest absolute Gasteiger partial charge is 0.357 e. The van der Waals surface area contributed by atoms with Gasteiger partial charge >= 0.3 is 0 Å². The molecule has 0 spiro atoms. The highest BCUT2D eigenvalue weighted by Gasteiger charge is 2.10. The molecule has 1 aromatic carbocycles. The minimum Gasteiger partial charge on any atom is -0.357 e. The Kier molecular flexibility index (Phi) is 3.68. The molecule has 0 fully saturated rings. The fourth-order valence-electron chi connectivity index (χ4n) is 3.04. The van der Waals surface area contributed by atoms with Gasteiger partial charge in [0.2, 0.25) is 5.16 Å². The van der Waals surface area contributed by atoms with Crippen LogP contribution in [-0.2, 0) is 7.05 Å². The van der Waals surface area contributed by atoms with Crippen LogP contribution < -0.4 is 0 Å². The highest BCUT2D eigenvalue weighted by Crippen LogP contribution is 2.30. The molecule has 6 nitrogen and oxygen atoms in total. The van der Waals surface area contributed by atoms with Gasteiger partial charge in [0, 0.05) is 47.0 Å². The summed E-state index contributed by atoms with van der Waals surface area (Å²) in [5.41, 5.74) is 4.92. The van der Waals surface area contributed by atoms with Crippen molar-refractivity contribution in [3.63, 3.8) is 0 Å². The average Bonchev–Trinajstić information content (AvgIpc) is 3.27. The van der Waals surface area contributed by atoms with Gasteiger partial charge < -0.3 is 4.57 Å². The molecular formula is C20H16N6S. The third kappa shape index (κ3) is 2.96. The summed E-state index contributed by atoms with van der Waals surface area (Å²) in [5, 5.41) is 14.8. The number of nitrogens with zero attached hydrogens (tertiary/aromatic N) is 6. The number of benzene rings is 1. The summed E-state index contributed by atoms with van der Waals surface area (Å²) in [7, 11) is 2.02. The van der Waals surface area contributed by atoms with Gasteiger partial charge in [-0.15, -0.1) is 10.2 Å². The van der Waals surface area contributed by atoms with E-state index in [1.807, 2.05) is 49.1 Å². The fraction of sp³-hybridized carbons (Fsp3) is 0.100. The van der Waals surface area contributed by atoms with Crippen LogP contribution in [0.3, 0.4) is 0 Å². The van der Waals surface area contributed by atoms with Crippen LogP contribution in [0.25, 0.3) is 27.7 Å². The summed E-state index contributed by atoms with van der Waals surface area (Å²) in [4.78, 5) is 5.68. The lowest BCUT2D eigenvalue weighted by atomic mass is 10.1. The molecule has 0 bridgehead atoms. The number of aromatic nitrogens is 6.